The Balaban J connectivity index is 1.84. The number of hydrogen-bond acceptors (Lipinski definition) is 5. The zero-order valence-corrected chi connectivity index (χ0v) is 13.8. The van der Waals surface area contributed by atoms with Crippen LogP contribution in [0.3, 0.4) is 0 Å². The molecule has 0 bridgehead atoms. The number of rotatable bonds is 4. The molecule has 0 aliphatic heterocycles. The molecule has 0 atom stereocenters. The van der Waals surface area contributed by atoms with E-state index in [1.165, 1.54) is 12.4 Å². The molecule has 0 amide bonds. The minimum Gasteiger partial charge on any atom is -0.399 e. The standard InChI is InChI=1S/C18H16F3N5/c1-26(15-7-3-5-13(22)9-15)17-10-16(23-11-24-17)25-14-6-2-4-12(8-14)18(19,20)21/h2-11H,22H2,1H3,(H,23,24,25). The van der Waals surface area contributed by atoms with Crippen LogP contribution < -0.4 is 16.0 Å². The van der Waals surface area contributed by atoms with Crippen LogP contribution in [0.25, 0.3) is 0 Å². The number of anilines is 5. The predicted octanol–water partition coefficient (Wildman–Crippen LogP) is 4.59. The lowest BCUT2D eigenvalue weighted by atomic mass is 10.2. The van der Waals surface area contributed by atoms with E-state index in [0.29, 0.717) is 17.3 Å². The van der Waals surface area contributed by atoms with E-state index in [4.69, 9.17) is 5.73 Å². The van der Waals surface area contributed by atoms with Crippen LogP contribution in [0.4, 0.5) is 41.9 Å². The fourth-order valence-electron chi connectivity index (χ4n) is 2.39. The maximum Gasteiger partial charge on any atom is 0.416 e. The molecule has 0 unspecified atom stereocenters. The fourth-order valence-corrected chi connectivity index (χ4v) is 2.39. The summed E-state index contributed by atoms with van der Waals surface area (Å²) in [5, 5.41) is 2.87. The number of halogens is 3. The van der Waals surface area contributed by atoms with Gasteiger partial charge in [-0.1, -0.05) is 12.1 Å². The average molecular weight is 359 g/mol. The van der Waals surface area contributed by atoms with Crippen molar-refractivity contribution in [1.29, 1.82) is 0 Å². The molecule has 26 heavy (non-hydrogen) atoms. The Labute approximate surface area is 148 Å². The molecule has 8 heteroatoms. The Morgan fingerprint density at radius 2 is 1.77 bits per heavy atom. The third-order valence-corrected chi connectivity index (χ3v) is 3.72. The minimum atomic E-state index is -4.40. The van der Waals surface area contributed by atoms with Gasteiger partial charge in [-0.3, -0.25) is 0 Å². The highest BCUT2D eigenvalue weighted by Crippen LogP contribution is 2.31. The number of nitrogen functional groups attached to an aromatic ring is 1. The van der Waals surface area contributed by atoms with E-state index in [2.05, 4.69) is 15.3 Å². The van der Waals surface area contributed by atoms with Crippen LogP contribution >= 0.6 is 0 Å². The quantitative estimate of drug-likeness (QED) is 0.667. The largest absolute Gasteiger partial charge is 0.416 e. The number of hydrogen-bond donors (Lipinski definition) is 2. The number of alkyl halides is 3. The van der Waals surface area contributed by atoms with E-state index in [1.807, 2.05) is 19.2 Å². The first kappa shape index (κ1) is 17.5. The summed E-state index contributed by atoms with van der Waals surface area (Å²) in [7, 11) is 1.81. The Kier molecular flexibility index (Phi) is 4.66. The summed E-state index contributed by atoms with van der Waals surface area (Å²) < 4.78 is 38.5. The summed E-state index contributed by atoms with van der Waals surface area (Å²) >= 11 is 0. The molecule has 0 aliphatic rings. The Bertz CT molecular complexity index is 911. The van der Waals surface area contributed by atoms with E-state index < -0.39 is 11.7 Å². The van der Waals surface area contributed by atoms with Crippen molar-refractivity contribution in [3.8, 4) is 0 Å². The third-order valence-electron chi connectivity index (χ3n) is 3.72. The summed E-state index contributed by atoms with van der Waals surface area (Å²) in [6, 6.07) is 13.8. The van der Waals surface area contributed by atoms with Gasteiger partial charge in [0.2, 0.25) is 0 Å². The Morgan fingerprint density at radius 3 is 2.50 bits per heavy atom. The van der Waals surface area contributed by atoms with E-state index in [0.717, 1.165) is 17.8 Å². The second kappa shape index (κ2) is 6.91. The zero-order valence-electron chi connectivity index (χ0n) is 13.8. The molecule has 3 rings (SSSR count). The van der Waals surface area contributed by atoms with Crippen LogP contribution in [0.5, 0.6) is 0 Å². The Hall–Kier alpha value is -3.29. The topological polar surface area (TPSA) is 67.1 Å². The van der Waals surface area contributed by atoms with E-state index in [9.17, 15) is 13.2 Å². The first-order valence-corrected chi connectivity index (χ1v) is 7.68. The molecule has 1 heterocycles. The molecular weight excluding hydrogens is 343 g/mol. The van der Waals surface area contributed by atoms with Crippen LogP contribution in [0, 0.1) is 0 Å². The van der Waals surface area contributed by atoms with Gasteiger partial charge in [-0.2, -0.15) is 13.2 Å². The normalized spacial score (nSPS) is 11.2. The number of nitrogens with zero attached hydrogens (tertiary/aromatic N) is 3. The number of aromatic nitrogens is 2. The molecule has 2 aromatic carbocycles. The highest BCUT2D eigenvalue weighted by Gasteiger charge is 2.30. The third kappa shape index (κ3) is 4.02. The first-order valence-electron chi connectivity index (χ1n) is 7.68. The summed E-state index contributed by atoms with van der Waals surface area (Å²) in [5.41, 5.74) is 6.80. The van der Waals surface area contributed by atoms with E-state index in [-0.39, 0.29) is 5.69 Å². The van der Waals surface area contributed by atoms with Gasteiger partial charge in [0.15, 0.2) is 0 Å². The van der Waals surface area contributed by atoms with Gasteiger partial charge in [-0.25, -0.2) is 9.97 Å². The van der Waals surface area contributed by atoms with E-state index >= 15 is 0 Å². The molecule has 0 fully saturated rings. The van der Waals surface area contributed by atoms with Gasteiger partial charge in [0.1, 0.15) is 18.0 Å². The van der Waals surface area contributed by atoms with Gasteiger partial charge in [0, 0.05) is 30.2 Å². The summed E-state index contributed by atoms with van der Waals surface area (Å²) in [6.45, 7) is 0. The molecule has 0 saturated carbocycles. The van der Waals surface area contributed by atoms with Crippen molar-refractivity contribution in [1.82, 2.24) is 9.97 Å². The van der Waals surface area contributed by atoms with Crippen molar-refractivity contribution in [3.63, 3.8) is 0 Å². The van der Waals surface area contributed by atoms with Gasteiger partial charge < -0.3 is 16.0 Å². The lowest BCUT2D eigenvalue weighted by Gasteiger charge is -2.19. The molecule has 0 spiro atoms. The molecule has 0 radical (unpaired) electrons. The fraction of sp³-hybridized carbons (Fsp3) is 0.111. The highest BCUT2D eigenvalue weighted by molar-refractivity contribution is 5.66. The van der Waals surface area contributed by atoms with Crippen LogP contribution in [0.15, 0.2) is 60.9 Å². The smallest absolute Gasteiger partial charge is 0.399 e. The molecule has 3 N–H and O–H groups in total. The summed E-state index contributed by atoms with van der Waals surface area (Å²) in [6.07, 6.45) is -3.06. The zero-order chi connectivity index (χ0) is 18.7. The highest BCUT2D eigenvalue weighted by atomic mass is 19.4. The van der Waals surface area contributed by atoms with Gasteiger partial charge in [-0.15, -0.1) is 0 Å². The van der Waals surface area contributed by atoms with Gasteiger partial charge in [0.25, 0.3) is 0 Å². The number of nitrogens with two attached hydrogens (primary N) is 1. The monoisotopic (exact) mass is 359 g/mol. The lowest BCUT2D eigenvalue weighted by molar-refractivity contribution is -0.137. The molecule has 3 aromatic rings. The second-order valence-electron chi connectivity index (χ2n) is 5.62. The van der Waals surface area contributed by atoms with Crippen molar-refractivity contribution in [2.45, 2.75) is 6.18 Å². The average Bonchev–Trinajstić information content (AvgIpc) is 2.61. The van der Waals surface area contributed by atoms with Crippen molar-refractivity contribution in [2.24, 2.45) is 0 Å². The molecule has 1 aromatic heterocycles. The van der Waals surface area contributed by atoms with Crippen molar-refractivity contribution < 1.29 is 13.2 Å². The molecular formula is C18H16F3N5. The van der Waals surface area contributed by atoms with Crippen LogP contribution in [0.2, 0.25) is 0 Å². The molecule has 134 valence electrons. The SMILES string of the molecule is CN(c1cccc(N)c1)c1cc(Nc2cccc(C(F)(F)F)c2)ncn1. The summed E-state index contributed by atoms with van der Waals surface area (Å²) in [5.74, 6) is 0.949. The van der Waals surface area contributed by atoms with Gasteiger partial charge in [-0.05, 0) is 36.4 Å². The molecule has 5 nitrogen and oxygen atoms in total. The predicted molar refractivity (Wildman–Crippen MR) is 95.7 cm³/mol. The Morgan fingerprint density at radius 1 is 1.00 bits per heavy atom. The summed E-state index contributed by atoms with van der Waals surface area (Å²) in [4.78, 5) is 10.1. The van der Waals surface area contributed by atoms with Gasteiger partial charge in [0.05, 0.1) is 5.56 Å². The van der Waals surface area contributed by atoms with Gasteiger partial charge >= 0.3 is 6.18 Å². The lowest BCUT2D eigenvalue weighted by Crippen LogP contribution is -2.12. The first-order chi connectivity index (χ1) is 12.3. The number of nitrogens with one attached hydrogen (secondary N) is 1. The maximum atomic E-state index is 12.8. The minimum absolute atomic E-state index is 0.288. The van der Waals surface area contributed by atoms with Crippen LogP contribution in [-0.4, -0.2) is 17.0 Å². The number of benzene rings is 2. The second-order valence-corrected chi connectivity index (χ2v) is 5.62. The van der Waals surface area contributed by atoms with Crippen molar-refractivity contribution >= 4 is 28.7 Å². The maximum absolute atomic E-state index is 12.8. The molecule has 0 aliphatic carbocycles. The van der Waals surface area contributed by atoms with Crippen LogP contribution in [-0.2, 0) is 6.18 Å². The van der Waals surface area contributed by atoms with Crippen molar-refractivity contribution in [3.05, 3.63) is 66.5 Å². The van der Waals surface area contributed by atoms with Crippen molar-refractivity contribution in [2.75, 3.05) is 23.0 Å². The van der Waals surface area contributed by atoms with E-state index in [1.54, 1.807) is 29.2 Å². The molecule has 0 saturated heterocycles. The van der Waals surface area contributed by atoms with Crippen LogP contribution in [0.1, 0.15) is 5.56 Å².